The van der Waals surface area contributed by atoms with Crippen molar-refractivity contribution in [1.29, 1.82) is 0 Å². The van der Waals surface area contributed by atoms with E-state index in [1.807, 2.05) is 0 Å². The summed E-state index contributed by atoms with van der Waals surface area (Å²) >= 11 is 6.22. The van der Waals surface area contributed by atoms with Gasteiger partial charge in [0.1, 0.15) is 12.2 Å². The lowest BCUT2D eigenvalue weighted by Gasteiger charge is -2.42. The summed E-state index contributed by atoms with van der Waals surface area (Å²) in [5.74, 6) is -6.51. The van der Waals surface area contributed by atoms with Gasteiger partial charge in [-0.05, 0) is 55.7 Å². The number of amides is 1. The minimum absolute atomic E-state index is 0.0847. The number of carbonyl (C=O) groups excluding carboxylic acids is 1. The van der Waals surface area contributed by atoms with Gasteiger partial charge in [0, 0.05) is 23.4 Å². The number of aliphatic hydroxyl groups is 4. The fourth-order valence-electron chi connectivity index (χ4n) is 5.55. The first-order chi connectivity index (χ1) is 18.8. The number of sulfone groups is 1. The van der Waals surface area contributed by atoms with Crippen LogP contribution in [0.25, 0.3) is 0 Å². The smallest absolute Gasteiger partial charge is 0.255 e. The molecular weight excluding hydrogens is 579 g/mol. The Morgan fingerprint density at radius 2 is 1.68 bits per heavy atom. The van der Waals surface area contributed by atoms with E-state index < -0.39 is 74.7 Å². The van der Waals surface area contributed by atoms with Crippen LogP contribution in [0.2, 0.25) is 5.02 Å². The lowest BCUT2D eigenvalue weighted by Crippen LogP contribution is -2.51. The Bertz CT molecular complexity index is 1340. The Morgan fingerprint density at radius 1 is 1.07 bits per heavy atom. The minimum Gasteiger partial charge on any atom is -0.394 e. The molecule has 0 heterocycles. The summed E-state index contributed by atoms with van der Waals surface area (Å²) in [6.07, 6.45) is -1.50. The zero-order valence-electron chi connectivity index (χ0n) is 21.1. The van der Waals surface area contributed by atoms with Crippen molar-refractivity contribution in [2.75, 3.05) is 25.1 Å². The highest BCUT2D eigenvalue weighted by atomic mass is 35.5. The first-order valence-corrected chi connectivity index (χ1v) is 14.5. The van der Waals surface area contributed by atoms with Crippen LogP contribution in [0.3, 0.4) is 0 Å². The Hall–Kier alpha value is -2.26. The quantitative estimate of drug-likeness (QED) is 0.258. The van der Waals surface area contributed by atoms with Crippen LogP contribution in [0.4, 0.5) is 18.9 Å². The van der Waals surface area contributed by atoms with Crippen molar-refractivity contribution < 1.29 is 51.5 Å². The maximum atomic E-state index is 13.7. The Labute approximate surface area is 233 Å². The summed E-state index contributed by atoms with van der Waals surface area (Å²) in [7, 11) is -4.10. The van der Waals surface area contributed by atoms with E-state index >= 15 is 0 Å². The molecule has 2 fully saturated rings. The summed E-state index contributed by atoms with van der Waals surface area (Å²) in [5, 5.41) is 40.6. The van der Waals surface area contributed by atoms with Crippen molar-refractivity contribution in [1.82, 2.24) is 0 Å². The molecule has 0 spiro atoms. The molecule has 14 heteroatoms. The van der Waals surface area contributed by atoms with Gasteiger partial charge in [-0.1, -0.05) is 11.6 Å². The van der Waals surface area contributed by atoms with Crippen LogP contribution < -0.4 is 5.32 Å². The Kier molecular flexibility index (Phi) is 9.15. The van der Waals surface area contributed by atoms with Gasteiger partial charge in [0.05, 0.1) is 40.6 Å². The van der Waals surface area contributed by atoms with Gasteiger partial charge < -0.3 is 30.5 Å². The van der Waals surface area contributed by atoms with E-state index in [9.17, 15) is 41.7 Å². The van der Waals surface area contributed by atoms with E-state index in [-0.39, 0.29) is 47.2 Å². The molecule has 0 aliphatic heterocycles. The molecule has 2 aliphatic carbocycles. The van der Waals surface area contributed by atoms with Crippen molar-refractivity contribution in [2.24, 2.45) is 11.8 Å². The molecule has 2 aliphatic rings. The number of anilines is 1. The largest absolute Gasteiger partial charge is 0.394 e. The van der Waals surface area contributed by atoms with E-state index in [0.717, 1.165) is 6.07 Å². The van der Waals surface area contributed by atoms with E-state index in [4.69, 9.17) is 21.4 Å². The molecule has 40 heavy (non-hydrogen) atoms. The summed E-state index contributed by atoms with van der Waals surface area (Å²) in [6, 6.07) is 4.67. The highest BCUT2D eigenvalue weighted by Gasteiger charge is 2.56. The van der Waals surface area contributed by atoms with Crippen molar-refractivity contribution in [3.63, 3.8) is 0 Å². The zero-order chi connectivity index (χ0) is 29.4. The molecule has 220 valence electrons. The minimum atomic E-state index is -4.10. The number of hydrogen-bond acceptors (Lipinski definition) is 8. The number of ether oxygens (including phenoxy) is 1. The fraction of sp³-hybridized carbons (Fsp3) is 0.500. The second kappa shape index (κ2) is 11.9. The molecule has 0 aromatic heterocycles. The number of rotatable bonds is 10. The summed E-state index contributed by atoms with van der Waals surface area (Å²) in [5.41, 5.74) is -1.88. The van der Waals surface area contributed by atoms with Gasteiger partial charge >= 0.3 is 0 Å². The average molecular weight is 608 g/mol. The molecule has 5 N–H and O–H groups in total. The molecule has 4 rings (SSSR count). The monoisotopic (exact) mass is 607 g/mol. The van der Waals surface area contributed by atoms with Gasteiger partial charge in [-0.3, -0.25) is 4.79 Å². The van der Waals surface area contributed by atoms with Crippen LogP contribution in [-0.2, 0) is 14.6 Å². The van der Waals surface area contributed by atoms with Gasteiger partial charge in [0.2, 0.25) is 0 Å². The van der Waals surface area contributed by atoms with Crippen molar-refractivity contribution in [2.45, 2.75) is 53.6 Å². The number of fused-ring (bicyclic) bond motifs is 2. The molecular formula is C26H29ClF3NO8S. The van der Waals surface area contributed by atoms with Crippen LogP contribution in [0, 0.1) is 29.3 Å². The molecule has 2 aromatic rings. The van der Waals surface area contributed by atoms with Crippen LogP contribution in [0.15, 0.2) is 35.2 Å². The second-order valence-electron chi connectivity index (χ2n) is 10.3. The number of halogens is 4. The van der Waals surface area contributed by atoms with Crippen molar-refractivity contribution in [3.05, 3.63) is 58.4 Å². The fourth-order valence-corrected chi connectivity index (χ4v) is 7.95. The number of benzene rings is 2. The molecule has 3 unspecified atom stereocenters. The number of nitrogens with one attached hydrogen (secondary N) is 1. The first-order valence-electron chi connectivity index (χ1n) is 12.5. The third kappa shape index (κ3) is 6.01. The molecule has 6 atom stereocenters. The molecule has 1 amide bonds. The lowest BCUT2D eigenvalue weighted by atomic mass is 9.75. The molecule has 2 aromatic carbocycles. The summed E-state index contributed by atoms with van der Waals surface area (Å²) < 4.78 is 73.0. The van der Waals surface area contributed by atoms with E-state index in [0.29, 0.717) is 25.0 Å². The number of hydrogen-bond donors (Lipinski definition) is 5. The van der Waals surface area contributed by atoms with E-state index in [1.165, 1.54) is 12.1 Å². The van der Waals surface area contributed by atoms with Crippen LogP contribution >= 0.6 is 11.6 Å². The third-order valence-corrected chi connectivity index (χ3v) is 10.5. The Morgan fingerprint density at radius 3 is 2.25 bits per heavy atom. The number of carbonyl (C=O) groups is 1. The Balaban J connectivity index is 1.49. The van der Waals surface area contributed by atoms with Gasteiger partial charge in [0.15, 0.2) is 27.3 Å². The van der Waals surface area contributed by atoms with Crippen molar-refractivity contribution in [3.8, 4) is 0 Å². The lowest BCUT2D eigenvalue weighted by molar-refractivity contribution is -0.133. The van der Waals surface area contributed by atoms with Crippen LogP contribution in [0.5, 0.6) is 0 Å². The molecule has 9 nitrogen and oxygen atoms in total. The molecule has 2 saturated carbocycles. The van der Waals surface area contributed by atoms with Gasteiger partial charge in [-0.25, -0.2) is 21.6 Å². The number of aliphatic hydroxyl groups excluding tert-OH is 3. The van der Waals surface area contributed by atoms with Crippen LogP contribution in [-0.4, -0.2) is 77.6 Å². The normalized spacial score (nSPS) is 25.9. The predicted molar refractivity (Wildman–Crippen MR) is 137 cm³/mol. The highest BCUT2D eigenvalue weighted by molar-refractivity contribution is 7.92. The third-order valence-electron chi connectivity index (χ3n) is 7.81. The maximum absolute atomic E-state index is 13.7. The van der Waals surface area contributed by atoms with E-state index in [1.54, 1.807) is 0 Å². The molecule has 0 radical (unpaired) electrons. The zero-order valence-corrected chi connectivity index (χ0v) is 22.6. The predicted octanol–water partition coefficient (Wildman–Crippen LogP) is 2.43. The summed E-state index contributed by atoms with van der Waals surface area (Å²) in [6.45, 7) is -1.17. The molecule has 0 saturated heterocycles. The summed E-state index contributed by atoms with van der Waals surface area (Å²) in [4.78, 5) is 12.4. The topological polar surface area (TPSA) is 153 Å². The highest BCUT2D eigenvalue weighted by Crippen LogP contribution is 2.52. The second-order valence-corrected chi connectivity index (χ2v) is 12.9. The first kappa shape index (κ1) is 30.7. The van der Waals surface area contributed by atoms with Gasteiger partial charge in [0.25, 0.3) is 5.91 Å². The van der Waals surface area contributed by atoms with Crippen molar-refractivity contribution >= 4 is 33.0 Å². The standard InChI is InChI=1S/C26H29ClF3NO8S/c27-18-4-1-13(25(35)31-16-8-19(28)24(30)20(29)9-16)5-23(18)40(37,38)17-6-14-2-3-15(7-17)26(14,36)12-39-11-22(34)21(33)10-32/h1,4-5,8-9,14-15,17,21-22,32-34,36H,2-3,6-7,10-12H2,(H,31,35)/t14-,15?,17?,21+,22-,26?/m0/s1. The van der Waals surface area contributed by atoms with Gasteiger partial charge in [-0.2, -0.15) is 0 Å². The van der Waals surface area contributed by atoms with Crippen LogP contribution in [0.1, 0.15) is 36.0 Å². The van der Waals surface area contributed by atoms with Gasteiger partial charge in [-0.15, -0.1) is 0 Å². The SMILES string of the molecule is O=C(Nc1cc(F)c(F)c(F)c1)c1ccc(Cl)c(S(=O)(=O)C2CC3CC[C@@H](C2)C3(O)COC[C@H](O)[C@H](O)CO)c1. The maximum Gasteiger partial charge on any atom is 0.255 e. The van der Waals surface area contributed by atoms with E-state index in [2.05, 4.69) is 5.32 Å². The molecule has 2 bridgehead atoms. The average Bonchev–Trinajstić information content (AvgIpc) is 3.06.